The molecule has 0 unspecified atom stereocenters. The molecule has 1 aliphatic heterocycles. The van der Waals surface area contributed by atoms with Gasteiger partial charge in [0.25, 0.3) is 0 Å². The number of amides is 2. The van der Waals surface area contributed by atoms with Crippen molar-refractivity contribution in [1.82, 2.24) is 4.90 Å². The lowest BCUT2D eigenvalue weighted by Crippen LogP contribution is -2.47. The lowest BCUT2D eigenvalue weighted by atomic mass is 9.76. The van der Waals surface area contributed by atoms with Gasteiger partial charge in [0.2, 0.25) is 5.91 Å². The van der Waals surface area contributed by atoms with Crippen LogP contribution in [0.15, 0.2) is 24.3 Å². The van der Waals surface area contributed by atoms with E-state index in [0.29, 0.717) is 23.0 Å². The third-order valence-corrected chi connectivity index (χ3v) is 7.48. The van der Waals surface area contributed by atoms with Crippen LogP contribution in [0.4, 0.5) is 10.5 Å². The van der Waals surface area contributed by atoms with Crippen LogP contribution in [0.3, 0.4) is 0 Å². The summed E-state index contributed by atoms with van der Waals surface area (Å²) in [5, 5.41) is 13.4. The molecule has 1 aromatic heterocycles. The molecule has 1 saturated heterocycles. The lowest BCUT2D eigenvalue weighted by Gasteiger charge is -2.32. The summed E-state index contributed by atoms with van der Waals surface area (Å²) >= 11 is 1.33. The smallest absolute Gasteiger partial charge is 0.407 e. The van der Waals surface area contributed by atoms with Crippen LogP contribution in [0.25, 0.3) is 10.1 Å². The number of esters is 1. The molecule has 2 N–H and O–H groups in total. The summed E-state index contributed by atoms with van der Waals surface area (Å²) in [4.78, 5) is 38.5. The van der Waals surface area contributed by atoms with E-state index in [1.165, 1.54) is 29.8 Å². The number of nitrogens with zero attached hydrogens (tertiary/aromatic N) is 1. The highest BCUT2D eigenvalue weighted by Crippen LogP contribution is 2.39. The number of likely N-dealkylation sites (tertiary alicyclic amines) is 1. The SMILES string of the molecule is COC(=O)c1cc2cc(NC(=O)[C@@H]3[C@H](C4CCCCC4)CCN3C(=O)O)ccc2s1. The summed E-state index contributed by atoms with van der Waals surface area (Å²) in [6.07, 6.45) is 5.36. The monoisotopic (exact) mass is 430 g/mol. The normalized spacial score (nSPS) is 22.2. The number of methoxy groups -OCH3 is 1. The van der Waals surface area contributed by atoms with Gasteiger partial charge in [0.15, 0.2) is 0 Å². The van der Waals surface area contributed by atoms with Crippen LogP contribution < -0.4 is 5.32 Å². The summed E-state index contributed by atoms with van der Waals surface area (Å²) in [5.41, 5.74) is 0.598. The zero-order valence-corrected chi connectivity index (χ0v) is 17.7. The van der Waals surface area contributed by atoms with E-state index in [9.17, 15) is 19.5 Å². The largest absolute Gasteiger partial charge is 0.465 e. The highest BCUT2D eigenvalue weighted by atomic mass is 32.1. The number of hydrogen-bond donors (Lipinski definition) is 2. The van der Waals surface area contributed by atoms with Crippen LogP contribution in [0.1, 0.15) is 48.2 Å². The molecule has 1 aromatic carbocycles. The highest BCUT2D eigenvalue weighted by molar-refractivity contribution is 7.20. The Morgan fingerprint density at radius 3 is 2.60 bits per heavy atom. The van der Waals surface area contributed by atoms with E-state index in [1.807, 2.05) is 12.1 Å². The predicted octanol–water partition coefficient (Wildman–Crippen LogP) is 4.58. The van der Waals surface area contributed by atoms with E-state index in [4.69, 9.17) is 4.74 Å². The van der Waals surface area contributed by atoms with Gasteiger partial charge in [-0.05, 0) is 47.9 Å². The Bertz CT molecular complexity index is 966. The number of hydrogen-bond acceptors (Lipinski definition) is 5. The zero-order valence-electron chi connectivity index (χ0n) is 16.9. The molecule has 2 heterocycles. The van der Waals surface area contributed by atoms with E-state index < -0.39 is 12.1 Å². The maximum atomic E-state index is 13.2. The van der Waals surface area contributed by atoms with Gasteiger partial charge in [-0.1, -0.05) is 32.1 Å². The fraction of sp³-hybridized carbons (Fsp3) is 0.500. The second-order valence-corrected chi connectivity index (χ2v) is 9.20. The van der Waals surface area contributed by atoms with Crippen molar-refractivity contribution in [3.63, 3.8) is 0 Å². The summed E-state index contributed by atoms with van der Waals surface area (Å²) in [6.45, 7) is 0.403. The molecule has 8 heteroatoms. The number of ether oxygens (including phenoxy) is 1. The van der Waals surface area contributed by atoms with Crippen LogP contribution in [0, 0.1) is 11.8 Å². The van der Waals surface area contributed by atoms with Crippen molar-refractivity contribution in [1.29, 1.82) is 0 Å². The second kappa shape index (κ2) is 8.63. The molecule has 1 saturated carbocycles. The number of rotatable bonds is 4. The van der Waals surface area contributed by atoms with Gasteiger partial charge in [-0.25, -0.2) is 9.59 Å². The highest BCUT2D eigenvalue weighted by Gasteiger charge is 2.45. The molecule has 4 rings (SSSR count). The zero-order chi connectivity index (χ0) is 21.3. The Kier molecular flexibility index (Phi) is 5.94. The second-order valence-electron chi connectivity index (χ2n) is 8.12. The number of anilines is 1. The first-order valence-corrected chi connectivity index (χ1v) is 11.2. The first kappa shape index (κ1) is 20.7. The van der Waals surface area contributed by atoms with Crippen molar-refractivity contribution in [2.75, 3.05) is 19.0 Å². The number of fused-ring (bicyclic) bond motifs is 1. The Morgan fingerprint density at radius 2 is 1.90 bits per heavy atom. The van der Waals surface area contributed by atoms with Crippen molar-refractivity contribution >= 4 is 45.1 Å². The summed E-state index contributed by atoms with van der Waals surface area (Å²) in [6, 6.07) is 6.53. The van der Waals surface area contributed by atoms with Crippen molar-refractivity contribution in [3.8, 4) is 0 Å². The van der Waals surface area contributed by atoms with Crippen molar-refractivity contribution < 1.29 is 24.2 Å². The summed E-state index contributed by atoms with van der Waals surface area (Å²) in [7, 11) is 1.34. The average Bonchev–Trinajstić information content (AvgIpc) is 3.38. The van der Waals surface area contributed by atoms with Gasteiger partial charge in [0.05, 0.1) is 7.11 Å². The van der Waals surface area contributed by atoms with Crippen molar-refractivity contribution in [2.45, 2.75) is 44.6 Å². The van der Waals surface area contributed by atoms with Crippen LogP contribution in [-0.4, -0.2) is 47.7 Å². The minimum absolute atomic E-state index is 0.0669. The third-order valence-electron chi connectivity index (χ3n) is 6.38. The summed E-state index contributed by atoms with van der Waals surface area (Å²) in [5.74, 6) is -0.188. The molecule has 2 fully saturated rings. The first-order valence-electron chi connectivity index (χ1n) is 10.4. The van der Waals surface area contributed by atoms with E-state index in [1.54, 1.807) is 12.1 Å². The van der Waals surface area contributed by atoms with Crippen LogP contribution in [0.5, 0.6) is 0 Å². The third kappa shape index (κ3) is 4.01. The van der Waals surface area contributed by atoms with Gasteiger partial charge >= 0.3 is 12.1 Å². The van der Waals surface area contributed by atoms with Gasteiger partial charge in [0, 0.05) is 16.9 Å². The number of carboxylic acid groups (broad SMARTS) is 1. The average molecular weight is 431 g/mol. The molecular weight excluding hydrogens is 404 g/mol. The van der Waals surface area contributed by atoms with Gasteiger partial charge in [0.1, 0.15) is 10.9 Å². The van der Waals surface area contributed by atoms with Crippen LogP contribution in [0.2, 0.25) is 0 Å². The molecule has 2 amide bonds. The van der Waals surface area contributed by atoms with Crippen LogP contribution in [-0.2, 0) is 9.53 Å². The quantitative estimate of drug-likeness (QED) is 0.693. The molecule has 1 aliphatic carbocycles. The maximum absolute atomic E-state index is 13.2. The predicted molar refractivity (Wildman–Crippen MR) is 115 cm³/mol. The number of benzene rings is 1. The molecule has 30 heavy (non-hydrogen) atoms. The fourth-order valence-electron chi connectivity index (χ4n) is 4.96. The van der Waals surface area contributed by atoms with E-state index >= 15 is 0 Å². The molecule has 2 atom stereocenters. The number of nitrogens with one attached hydrogen (secondary N) is 1. The topological polar surface area (TPSA) is 95.9 Å². The molecule has 7 nitrogen and oxygen atoms in total. The van der Waals surface area contributed by atoms with Crippen molar-refractivity contribution in [2.24, 2.45) is 11.8 Å². The number of carbonyl (C=O) groups is 3. The molecular formula is C22H26N2O5S. The lowest BCUT2D eigenvalue weighted by molar-refractivity contribution is -0.121. The van der Waals surface area contributed by atoms with Gasteiger partial charge in [-0.15, -0.1) is 11.3 Å². The Balaban J connectivity index is 1.55. The number of thiophene rings is 1. The molecule has 0 spiro atoms. The first-order chi connectivity index (χ1) is 14.5. The minimum Gasteiger partial charge on any atom is -0.465 e. The van der Waals surface area contributed by atoms with E-state index in [0.717, 1.165) is 42.2 Å². The standard InChI is InChI=1S/C22H26N2O5S/c1-29-21(26)18-12-14-11-15(7-8-17(14)30-18)23-20(25)19-16(9-10-24(19)22(27)28)13-5-3-2-4-6-13/h7-8,11-13,16,19H,2-6,9-10H2,1H3,(H,23,25)(H,27,28)/t16-,19-/m0/s1. The number of carbonyl (C=O) groups excluding carboxylic acids is 2. The molecule has 160 valence electrons. The molecule has 2 aromatic rings. The Morgan fingerprint density at radius 1 is 1.13 bits per heavy atom. The van der Waals surface area contributed by atoms with E-state index in [-0.39, 0.29) is 17.8 Å². The molecule has 0 bridgehead atoms. The van der Waals surface area contributed by atoms with E-state index in [2.05, 4.69) is 5.32 Å². The fourth-order valence-corrected chi connectivity index (χ4v) is 5.92. The molecule has 2 aliphatic rings. The van der Waals surface area contributed by atoms with Gasteiger partial charge in [-0.3, -0.25) is 9.69 Å². The molecule has 0 radical (unpaired) electrons. The van der Waals surface area contributed by atoms with Gasteiger partial charge < -0.3 is 15.2 Å². The van der Waals surface area contributed by atoms with Crippen LogP contribution >= 0.6 is 11.3 Å². The van der Waals surface area contributed by atoms with Crippen molar-refractivity contribution in [3.05, 3.63) is 29.1 Å². The Hall–Kier alpha value is -2.61. The Labute approximate surface area is 179 Å². The van der Waals surface area contributed by atoms with Gasteiger partial charge in [-0.2, -0.15) is 0 Å². The minimum atomic E-state index is -1.04. The summed E-state index contributed by atoms with van der Waals surface area (Å²) < 4.78 is 5.69. The maximum Gasteiger partial charge on any atom is 0.407 e.